The van der Waals surface area contributed by atoms with Crippen molar-refractivity contribution in [3.8, 4) is 11.9 Å². The van der Waals surface area contributed by atoms with E-state index in [0.717, 1.165) is 76.2 Å². The number of nitrogens with zero attached hydrogens (tertiary/aromatic N) is 4. The highest BCUT2D eigenvalue weighted by Crippen LogP contribution is 2.34. The van der Waals surface area contributed by atoms with Gasteiger partial charge < -0.3 is 9.47 Å². The number of hydrogen-bond acceptors (Lipinski definition) is 6. The molecule has 1 aromatic carbocycles. The minimum Gasteiger partial charge on any atom is -0.480 e. The van der Waals surface area contributed by atoms with E-state index >= 15 is 0 Å². The summed E-state index contributed by atoms with van der Waals surface area (Å²) in [5.74, 6) is 0.253. The fourth-order valence-corrected chi connectivity index (χ4v) is 6.96. The van der Waals surface area contributed by atoms with Crippen molar-refractivity contribution in [3.05, 3.63) is 99.3 Å². The molecule has 45 heavy (non-hydrogen) atoms. The molecule has 1 fully saturated rings. The Morgan fingerprint density at radius 2 is 2.11 bits per heavy atom. The lowest BCUT2D eigenvalue weighted by Gasteiger charge is -2.34. The number of rotatable bonds is 11. The zero-order valence-corrected chi connectivity index (χ0v) is 27.3. The average Bonchev–Trinajstić information content (AvgIpc) is 3.49. The number of ether oxygens (including phenoxy) is 2. The van der Waals surface area contributed by atoms with Crippen LogP contribution < -0.4 is 4.74 Å². The van der Waals surface area contributed by atoms with Gasteiger partial charge in [0.05, 0.1) is 19.9 Å². The van der Waals surface area contributed by atoms with Crippen LogP contribution in [-0.4, -0.2) is 53.9 Å². The Morgan fingerprint density at radius 1 is 1.27 bits per heavy atom. The summed E-state index contributed by atoms with van der Waals surface area (Å²) in [4.78, 5) is 14.5. The fourth-order valence-electron chi connectivity index (χ4n) is 6.96. The van der Waals surface area contributed by atoms with Crippen molar-refractivity contribution in [1.29, 1.82) is 5.26 Å². The molecule has 7 nitrogen and oxygen atoms in total. The maximum Gasteiger partial charge on any atom is 0.269 e. The van der Waals surface area contributed by atoms with Gasteiger partial charge in [-0.3, -0.25) is 9.69 Å². The van der Waals surface area contributed by atoms with Gasteiger partial charge in [-0.05, 0) is 117 Å². The van der Waals surface area contributed by atoms with Gasteiger partial charge in [0, 0.05) is 31.9 Å². The highest BCUT2D eigenvalue weighted by Gasteiger charge is 2.24. The van der Waals surface area contributed by atoms with Crippen LogP contribution in [0, 0.1) is 24.2 Å². The zero-order valence-electron chi connectivity index (χ0n) is 27.3. The maximum absolute atomic E-state index is 11.9. The summed E-state index contributed by atoms with van der Waals surface area (Å²) < 4.78 is 12.6. The van der Waals surface area contributed by atoms with E-state index in [0.29, 0.717) is 5.92 Å². The van der Waals surface area contributed by atoms with Gasteiger partial charge in [-0.1, -0.05) is 42.5 Å². The van der Waals surface area contributed by atoms with Crippen LogP contribution in [0.1, 0.15) is 78.6 Å². The summed E-state index contributed by atoms with van der Waals surface area (Å²) in [6.45, 7) is 16.0. The summed E-state index contributed by atoms with van der Waals surface area (Å²) in [5, 5.41) is 13.2. The number of fused-ring (bicyclic) bond motifs is 1. The zero-order chi connectivity index (χ0) is 31.9. The quantitative estimate of drug-likeness (QED) is 0.151. The minimum atomic E-state index is -0.674. The van der Waals surface area contributed by atoms with E-state index < -0.39 is 5.78 Å². The first-order valence-electron chi connectivity index (χ1n) is 16.2. The van der Waals surface area contributed by atoms with E-state index in [-0.39, 0.29) is 11.4 Å². The first kappa shape index (κ1) is 32.4. The molecule has 0 amide bonds. The van der Waals surface area contributed by atoms with Crippen molar-refractivity contribution in [2.24, 2.45) is 5.92 Å². The lowest BCUT2D eigenvalue weighted by Crippen LogP contribution is -2.37. The van der Waals surface area contributed by atoms with Crippen molar-refractivity contribution in [2.45, 2.75) is 72.3 Å². The standard InChI is InChI=1S/C38H46N4O3/c1-26(9-6-11-29(4)42-38(44-5)35(22-40-42)37(43)21-39)33-13-7-10-27(2)34(33)15-14-30-19-28(3)36-24-41(17-16-32(36)20-30)23-31-12-8-18-45-25-31/h6,9,11,13,19-20,22,31H,1,7-8,10,12,14-18,23-25H2,2-5H3/b9-6-,29-11+. The second kappa shape index (κ2) is 14.9. The number of aromatic nitrogens is 2. The number of hydrogen-bond donors (Lipinski definition) is 0. The highest BCUT2D eigenvalue weighted by molar-refractivity contribution is 6.09. The normalized spacial score (nSPS) is 19.3. The molecule has 236 valence electrons. The Balaban J connectivity index is 1.23. The Bertz CT molecular complexity index is 1610. The molecule has 1 saturated heterocycles. The summed E-state index contributed by atoms with van der Waals surface area (Å²) in [6, 6.07) is 6.51. The molecule has 1 unspecified atom stereocenters. The van der Waals surface area contributed by atoms with Gasteiger partial charge >= 0.3 is 0 Å². The third-order valence-corrected chi connectivity index (χ3v) is 9.43. The molecule has 0 saturated carbocycles. The molecular weight excluding hydrogens is 560 g/mol. The SMILES string of the molecule is C=C(/C=C\C=C(/C)n1ncc(C(=O)C#N)c1OC)C1=CCCC(C)=C1CCc1cc(C)c2c(c1)CCN(CC1CCCOC1)C2. The van der Waals surface area contributed by atoms with Crippen LogP contribution in [-0.2, 0) is 24.1 Å². The maximum atomic E-state index is 11.9. The predicted octanol–water partition coefficient (Wildman–Crippen LogP) is 7.33. The van der Waals surface area contributed by atoms with Crippen LogP contribution in [0.3, 0.4) is 0 Å². The van der Waals surface area contributed by atoms with E-state index in [2.05, 4.69) is 48.6 Å². The number of Topliss-reactive ketones (excluding diaryl/α,β-unsaturated/α-hetero) is 1. The lowest BCUT2D eigenvalue weighted by atomic mass is 9.83. The molecule has 0 spiro atoms. The molecule has 1 atom stereocenters. The Kier molecular flexibility index (Phi) is 10.7. The minimum absolute atomic E-state index is 0.153. The van der Waals surface area contributed by atoms with E-state index in [1.165, 1.54) is 69.8 Å². The number of aryl methyl sites for hydroxylation is 2. The summed E-state index contributed by atoms with van der Waals surface area (Å²) in [6.07, 6.45) is 17.3. The summed E-state index contributed by atoms with van der Waals surface area (Å²) in [5.41, 5.74) is 11.9. The van der Waals surface area contributed by atoms with Crippen molar-refractivity contribution >= 4 is 11.5 Å². The van der Waals surface area contributed by atoms with Crippen LogP contribution in [0.5, 0.6) is 5.88 Å². The second-order valence-electron chi connectivity index (χ2n) is 12.6. The summed E-state index contributed by atoms with van der Waals surface area (Å²) >= 11 is 0. The molecule has 3 heterocycles. The number of methoxy groups -OCH3 is 1. The number of carbonyl (C=O) groups is 1. The number of allylic oxidation sites excluding steroid dienone is 9. The molecule has 0 N–H and O–H groups in total. The smallest absolute Gasteiger partial charge is 0.269 e. The third-order valence-electron chi connectivity index (χ3n) is 9.43. The number of carbonyl (C=O) groups excluding carboxylic acids is 1. The molecule has 1 aliphatic carbocycles. The molecule has 2 aromatic rings. The molecular formula is C38H46N4O3. The average molecular weight is 607 g/mol. The largest absolute Gasteiger partial charge is 0.480 e. The van der Waals surface area contributed by atoms with Crippen LogP contribution in [0.4, 0.5) is 0 Å². The van der Waals surface area contributed by atoms with E-state index in [1.807, 2.05) is 25.2 Å². The second-order valence-corrected chi connectivity index (χ2v) is 12.6. The van der Waals surface area contributed by atoms with Gasteiger partial charge in [0.25, 0.3) is 5.78 Å². The van der Waals surface area contributed by atoms with Crippen LogP contribution in [0.15, 0.2) is 71.5 Å². The first-order valence-corrected chi connectivity index (χ1v) is 16.2. The monoisotopic (exact) mass is 606 g/mol. The van der Waals surface area contributed by atoms with E-state index in [1.54, 1.807) is 6.07 Å². The van der Waals surface area contributed by atoms with Gasteiger partial charge in [0.15, 0.2) is 0 Å². The Hall–Kier alpha value is -3.99. The van der Waals surface area contributed by atoms with Crippen LogP contribution in [0.2, 0.25) is 0 Å². The number of nitriles is 1. The van der Waals surface area contributed by atoms with Gasteiger partial charge in [-0.2, -0.15) is 10.4 Å². The molecule has 1 aromatic heterocycles. The van der Waals surface area contributed by atoms with Crippen LogP contribution >= 0.6 is 0 Å². The predicted molar refractivity (Wildman–Crippen MR) is 179 cm³/mol. The van der Waals surface area contributed by atoms with Gasteiger partial charge in [-0.15, -0.1) is 0 Å². The molecule has 0 radical (unpaired) electrons. The molecule has 2 aliphatic heterocycles. The fraction of sp³-hybridized carbons (Fsp3) is 0.447. The number of benzene rings is 1. The van der Waals surface area contributed by atoms with Gasteiger partial charge in [-0.25, -0.2) is 4.68 Å². The lowest BCUT2D eigenvalue weighted by molar-refractivity contribution is 0.0364. The summed E-state index contributed by atoms with van der Waals surface area (Å²) in [7, 11) is 1.46. The Morgan fingerprint density at radius 3 is 2.87 bits per heavy atom. The van der Waals surface area contributed by atoms with Crippen LogP contribution in [0.25, 0.3) is 5.70 Å². The molecule has 3 aliphatic rings. The third kappa shape index (κ3) is 7.64. The highest BCUT2D eigenvalue weighted by atomic mass is 16.5. The van der Waals surface area contributed by atoms with Gasteiger partial charge in [0.2, 0.25) is 5.88 Å². The topological polar surface area (TPSA) is 80.4 Å². The molecule has 7 heteroatoms. The molecule has 5 rings (SSSR count). The van der Waals surface area contributed by atoms with E-state index in [9.17, 15) is 4.79 Å². The number of ketones is 1. The van der Waals surface area contributed by atoms with Crippen molar-refractivity contribution in [3.63, 3.8) is 0 Å². The first-order chi connectivity index (χ1) is 21.8. The van der Waals surface area contributed by atoms with Crippen molar-refractivity contribution < 1.29 is 14.3 Å². The van der Waals surface area contributed by atoms with Crippen molar-refractivity contribution in [2.75, 3.05) is 33.4 Å². The van der Waals surface area contributed by atoms with Gasteiger partial charge in [0.1, 0.15) is 11.6 Å². The van der Waals surface area contributed by atoms with Crippen molar-refractivity contribution in [1.82, 2.24) is 14.7 Å². The Labute approximate surface area is 268 Å². The van der Waals surface area contributed by atoms with E-state index in [4.69, 9.17) is 14.7 Å². The molecule has 0 bridgehead atoms.